The monoisotopic (exact) mass is 244 g/mol. The quantitative estimate of drug-likeness (QED) is 0.403. The van der Waals surface area contributed by atoms with Crippen LogP contribution in [0.4, 0.5) is 5.69 Å². The molecular weight excluding hydrogens is 228 g/mol. The van der Waals surface area contributed by atoms with E-state index in [0.717, 1.165) is 0 Å². The fraction of sp³-hybridized carbons (Fsp3) is 0.400. The average molecular weight is 244 g/mol. The van der Waals surface area contributed by atoms with Crippen LogP contribution >= 0.6 is 0 Å². The Labute approximate surface area is 98.4 Å². The van der Waals surface area contributed by atoms with Gasteiger partial charge in [-0.05, 0) is 19.1 Å². The van der Waals surface area contributed by atoms with Crippen molar-refractivity contribution in [3.05, 3.63) is 33.9 Å². The molecule has 96 valence electrons. The molecule has 1 rings (SSSR count). The summed E-state index contributed by atoms with van der Waals surface area (Å²) < 4.78 is 4.93. The highest BCUT2D eigenvalue weighted by molar-refractivity contribution is 5.46. The summed E-state index contributed by atoms with van der Waals surface area (Å²) in [5.41, 5.74) is 0.317. The van der Waals surface area contributed by atoms with Gasteiger partial charge in [-0.15, -0.1) is 0 Å². The predicted octanol–water partition coefficient (Wildman–Crippen LogP) is 1.01. The molecule has 0 aliphatic rings. The van der Waals surface area contributed by atoms with E-state index in [0.29, 0.717) is 5.56 Å². The fourth-order valence-electron chi connectivity index (χ4n) is 1.32. The van der Waals surface area contributed by atoms with Gasteiger partial charge < -0.3 is 21.1 Å². The standard InChI is InChI=1S/C10H13NO5.H3N/c1-7(13)16-9-3-2-8(4-5-12)10(6-9)11(14)15;/h2-3,6-7,12-13H,4-5H2,1H3;1H3. The van der Waals surface area contributed by atoms with Gasteiger partial charge >= 0.3 is 0 Å². The first kappa shape index (κ1) is 15.3. The highest BCUT2D eigenvalue weighted by atomic mass is 16.6. The van der Waals surface area contributed by atoms with E-state index in [4.69, 9.17) is 14.9 Å². The van der Waals surface area contributed by atoms with Crippen LogP contribution in [0.3, 0.4) is 0 Å². The molecule has 0 spiro atoms. The van der Waals surface area contributed by atoms with E-state index in [1.807, 2.05) is 0 Å². The second-order valence-corrected chi connectivity index (χ2v) is 3.24. The number of benzene rings is 1. The first-order chi connectivity index (χ1) is 7.54. The first-order valence-electron chi connectivity index (χ1n) is 4.77. The molecule has 0 heterocycles. The number of nitro benzene ring substituents is 1. The number of hydrogen-bond donors (Lipinski definition) is 3. The molecule has 7 nitrogen and oxygen atoms in total. The third-order valence-corrected chi connectivity index (χ3v) is 1.94. The highest BCUT2D eigenvalue weighted by Crippen LogP contribution is 2.25. The Kier molecular flexibility index (Phi) is 6.11. The van der Waals surface area contributed by atoms with Gasteiger partial charge in [0.25, 0.3) is 5.69 Å². The highest BCUT2D eigenvalue weighted by Gasteiger charge is 2.15. The van der Waals surface area contributed by atoms with Gasteiger partial charge in [-0.2, -0.15) is 0 Å². The van der Waals surface area contributed by atoms with Crippen molar-refractivity contribution in [2.75, 3.05) is 6.61 Å². The van der Waals surface area contributed by atoms with Gasteiger partial charge in [0.15, 0.2) is 6.29 Å². The summed E-state index contributed by atoms with van der Waals surface area (Å²) in [7, 11) is 0. The summed E-state index contributed by atoms with van der Waals surface area (Å²) >= 11 is 0. The number of rotatable bonds is 5. The van der Waals surface area contributed by atoms with Gasteiger partial charge in [0.05, 0.1) is 11.0 Å². The first-order valence-corrected chi connectivity index (χ1v) is 4.77. The summed E-state index contributed by atoms with van der Waals surface area (Å²) in [5.74, 6) is 0.225. The van der Waals surface area contributed by atoms with Crippen LogP contribution in [0.1, 0.15) is 12.5 Å². The lowest BCUT2D eigenvalue weighted by atomic mass is 10.1. The van der Waals surface area contributed by atoms with Crippen LogP contribution in [0.25, 0.3) is 0 Å². The van der Waals surface area contributed by atoms with Crippen molar-refractivity contribution < 1.29 is 19.9 Å². The molecule has 0 saturated carbocycles. The van der Waals surface area contributed by atoms with Crippen LogP contribution in [0.15, 0.2) is 18.2 Å². The average Bonchev–Trinajstić information content (AvgIpc) is 2.19. The Balaban J connectivity index is 0.00000256. The lowest BCUT2D eigenvalue weighted by molar-refractivity contribution is -0.385. The molecule has 0 bridgehead atoms. The van der Waals surface area contributed by atoms with Crippen molar-refractivity contribution in [2.24, 2.45) is 0 Å². The maximum absolute atomic E-state index is 10.7. The van der Waals surface area contributed by atoms with E-state index in [9.17, 15) is 10.1 Å². The van der Waals surface area contributed by atoms with Gasteiger partial charge in [0.1, 0.15) is 5.75 Å². The summed E-state index contributed by atoms with van der Waals surface area (Å²) in [6.07, 6.45) is -0.811. The molecule has 1 aromatic rings. The van der Waals surface area contributed by atoms with Crippen LogP contribution in [0, 0.1) is 10.1 Å². The smallest absolute Gasteiger partial charge is 0.276 e. The van der Waals surface area contributed by atoms with Gasteiger partial charge in [0.2, 0.25) is 0 Å². The summed E-state index contributed by atoms with van der Waals surface area (Å²) in [6, 6.07) is 4.26. The molecule has 0 saturated heterocycles. The molecular formula is C10H16N2O5. The number of hydrogen-bond acceptors (Lipinski definition) is 6. The van der Waals surface area contributed by atoms with Crippen molar-refractivity contribution in [3.8, 4) is 5.75 Å². The molecule has 0 radical (unpaired) electrons. The van der Waals surface area contributed by atoms with Gasteiger partial charge in [0, 0.05) is 18.6 Å². The molecule has 0 aliphatic carbocycles. The summed E-state index contributed by atoms with van der Waals surface area (Å²) in [6.45, 7) is 1.25. The number of nitrogens with zero attached hydrogens (tertiary/aromatic N) is 1. The van der Waals surface area contributed by atoms with E-state index in [2.05, 4.69) is 0 Å². The van der Waals surface area contributed by atoms with Crippen LogP contribution in [-0.2, 0) is 6.42 Å². The largest absolute Gasteiger partial charge is 0.465 e. The Bertz CT molecular complexity index is 381. The van der Waals surface area contributed by atoms with E-state index >= 15 is 0 Å². The number of aliphatic hydroxyl groups is 2. The Morgan fingerprint density at radius 1 is 1.53 bits per heavy atom. The Hall–Kier alpha value is -1.70. The zero-order valence-corrected chi connectivity index (χ0v) is 9.50. The zero-order valence-electron chi connectivity index (χ0n) is 9.50. The molecule has 5 N–H and O–H groups in total. The van der Waals surface area contributed by atoms with Crippen LogP contribution in [0.2, 0.25) is 0 Å². The number of ether oxygens (including phenoxy) is 1. The molecule has 1 unspecified atom stereocenters. The molecule has 1 atom stereocenters. The second kappa shape index (κ2) is 6.79. The lowest BCUT2D eigenvalue weighted by Gasteiger charge is -2.09. The normalized spacial score (nSPS) is 11.5. The summed E-state index contributed by atoms with van der Waals surface area (Å²) in [4.78, 5) is 10.2. The van der Waals surface area contributed by atoms with E-state index in [1.54, 1.807) is 0 Å². The topological polar surface area (TPSA) is 128 Å². The SMILES string of the molecule is CC(O)Oc1ccc(CCO)c([N+](=O)[O-])c1.N. The minimum Gasteiger partial charge on any atom is -0.465 e. The maximum Gasteiger partial charge on any atom is 0.276 e. The van der Waals surface area contributed by atoms with Gasteiger partial charge in [-0.25, -0.2) is 0 Å². The predicted molar refractivity (Wildman–Crippen MR) is 61.2 cm³/mol. The lowest BCUT2D eigenvalue weighted by Crippen LogP contribution is -2.10. The van der Waals surface area contributed by atoms with E-state index in [1.165, 1.54) is 25.1 Å². The fourth-order valence-corrected chi connectivity index (χ4v) is 1.32. The van der Waals surface area contributed by atoms with Crippen molar-refractivity contribution in [1.29, 1.82) is 0 Å². The van der Waals surface area contributed by atoms with Crippen LogP contribution < -0.4 is 10.9 Å². The third-order valence-electron chi connectivity index (χ3n) is 1.94. The molecule has 0 amide bonds. The zero-order chi connectivity index (χ0) is 12.1. The molecule has 17 heavy (non-hydrogen) atoms. The van der Waals surface area contributed by atoms with E-state index in [-0.39, 0.29) is 30.6 Å². The number of nitro groups is 1. The number of aliphatic hydroxyl groups excluding tert-OH is 2. The van der Waals surface area contributed by atoms with Gasteiger partial charge in [-0.3, -0.25) is 10.1 Å². The van der Waals surface area contributed by atoms with Crippen LogP contribution in [-0.4, -0.2) is 28.0 Å². The van der Waals surface area contributed by atoms with Crippen molar-refractivity contribution in [3.63, 3.8) is 0 Å². The Morgan fingerprint density at radius 3 is 2.65 bits per heavy atom. The molecule has 0 fully saturated rings. The van der Waals surface area contributed by atoms with Gasteiger partial charge in [-0.1, -0.05) is 0 Å². The van der Waals surface area contributed by atoms with Crippen LogP contribution in [0.5, 0.6) is 5.75 Å². The van der Waals surface area contributed by atoms with E-state index < -0.39 is 11.2 Å². The Morgan fingerprint density at radius 2 is 2.18 bits per heavy atom. The molecule has 7 heteroatoms. The van der Waals surface area contributed by atoms with Crippen molar-refractivity contribution in [2.45, 2.75) is 19.6 Å². The van der Waals surface area contributed by atoms with Crippen molar-refractivity contribution in [1.82, 2.24) is 6.15 Å². The molecule has 0 aromatic heterocycles. The minimum absolute atomic E-state index is 0. The van der Waals surface area contributed by atoms with Crippen molar-refractivity contribution >= 4 is 5.69 Å². The maximum atomic E-state index is 10.7. The molecule has 0 aliphatic heterocycles. The summed E-state index contributed by atoms with van der Waals surface area (Å²) in [5, 5.41) is 28.5. The minimum atomic E-state index is -1.02. The third kappa shape index (κ3) is 4.35. The molecule has 1 aromatic carbocycles. The second-order valence-electron chi connectivity index (χ2n) is 3.24.